The number of ketones is 1. The van der Waals surface area contributed by atoms with Gasteiger partial charge < -0.3 is 20.1 Å². The highest BCUT2D eigenvalue weighted by molar-refractivity contribution is 6.43. The average Bonchev–Trinajstić information content (AvgIpc) is 3.01. The lowest BCUT2D eigenvalue weighted by molar-refractivity contribution is -0.113. The molecule has 0 aliphatic heterocycles. The Morgan fingerprint density at radius 1 is 0.762 bits per heavy atom. The van der Waals surface area contributed by atoms with Gasteiger partial charge >= 0.3 is 0 Å². The molecule has 0 spiro atoms. The molecule has 0 aromatic heterocycles. The minimum Gasteiger partial charge on any atom is -0.493 e. The molecule has 212 valence electrons. The van der Waals surface area contributed by atoms with Crippen molar-refractivity contribution >= 4 is 58.6 Å². The van der Waals surface area contributed by atoms with Gasteiger partial charge in [-0.3, -0.25) is 14.4 Å². The van der Waals surface area contributed by atoms with Gasteiger partial charge in [-0.25, -0.2) is 0 Å². The van der Waals surface area contributed by atoms with E-state index in [1.165, 1.54) is 26.4 Å². The Balaban J connectivity index is 1.54. The summed E-state index contributed by atoms with van der Waals surface area (Å²) in [4.78, 5) is 38.9. The van der Waals surface area contributed by atoms with E-state index in [9.17, 15) is 14.4 Å². The van der Waals surface area contributed by atoms with E-state index in [1.54, 1.807) is 97.1 Å². The van der Waals surface area contributed by atoms with Crippen LogP contribution < -0.4 is 20.1 Å². The van der Waals surface area contributed by atoms with Crippen LogP contribution in [0.25, 0.3) is 12.2 Å². The van der Waals surface area contributed by atoms with E-state index in [-0.39, 0.29) is 11.5 Å². The maximum absolute atomic E-state index is 13.3. The Morgan fingerprint density at radius 2 is 1.48 bits per heavy atom. The minimum absolute atomic E-state index is 0.00226. The Labute approximate surface area is 253 Å². The molecule has 0 heterocycles. The lowest BCUT2D eigenvalue weighted by Crippen LogP contribution is -2.30. The highest BCUT2D eigenvalue weighted by atomic mass is 35.5. The molecule has 4 aromatic rings. The number of anilines is 1. The molecule has 0 saturated carbocycles. The number of allylic oxidation sites excluding steroid dienone is 1. The second-order valence-electron chi connectivity index (χ2n) is 8.86. The molecule has 4 aromatic carbocycles. The van der Waals surface area contributed by atoms with Crippen LogP contribution in [0.15, 0.2) is 103 Å². The van der Waals surface area contributed by atoms with Gasteiger partial charge in [0, 0.05) is 16.8 Å². The predicted octanol–water partition coefficient (Wildman–Crippen LogP) is 7.32. The van der Waals surface area contributed by atoms with Crippen LogP contribution in [-0.2, 0) is 4.79 Å². The van der Waals surface area contributed by atoms with Crippen molar-refractivity contribution in [3.63, 3.8) is 0 Å². The van der Waals surface area contributed by atoms with Crippen molar-refractivity contribution in [1.82, 2.24) is 5.32 Å². The smallest absolute Gasteiger partial charge is 0.272 e. The van der Waals surface area contributed by atoms with Crippen molar-refractivity contribution in [2.75, 3.05) is 19.5 Å². The molecule has 2 N–H and O–H groups in total. The monoisotopic (exact) mass is 600 g/mol. The first-order valence-electron chi connectivity index (χ1n) is 12.7. The van der Waals surface area contributed by atoms with Gasteiger partial charge in [0.2, 0.25) is 0 Å². The number of rotatable bonds is 10. The zero-order chi connectivity index (χ0) is 30.1. The Hall–Kier alpha value is -4.85. The number of carbonyl (C=O) groups excluding carboxylic acids is 3. The van der Waals surface area contributed by atoms with Crippen LogP contribution in [0.2, 0.25) is 10.0 Å². The number of nitrogens with one attached hydrogen (secondary N) is 2. The third-order valence-electron chi connectivity index (χ3n) is 6.07. The lowest BCUT2D eigenvalue weighted by atomic mass is 10.1. The van der Waals surface area contributed by atoms with Crippen molar-refractivity contribution in [3.8, 4) is 11.5 Å². The summed E-state index contributed by atoms with van der Waals surface area (Å²) in [5, 5.41) is 6.21. The number of amides is 2. The second kappa shape index (κ2) is 14.2. The summed E-state index contributed by atoms with van der Waals surface area (Å²) in [5.74, 6) is -0.289. The first-order valence-corrected chi connectivity index (χ1v) is 13.4. The summed E-state index contributed by atoms with van der Waals surface area (Å²) in [7, 11) is 3.03. The normalized spacial score (nSPS) is 11.2. The molecule has 0 unspecified atom stereocenters. The van der Waals surface area contributed by atoms with Gasteiger partial charge in [0.25, 0.3) is 11.8 Å². The van der Waals surface area contributed by atoms with E-state index in [4.69, 9.17) is 32.7 Å². The number of hydrogen-bond donors (Lipinski definition) is 2. The zero-order valence-electron chi connectivity index (χ0n) is 22.7. The van der Waals surface area contributed by atoms with E-state index < -0.39 is 11.8 Å². The Kier molecular flexibility index (Phi) is 10.2. The standard InChI is InChI=1S/C33H26Cl2N2O5/c1-41-29-18-11-21(20-30(29)42-2)19-27(37-32(39)24-7-4-3-5-8-24)33(40)36-25-15-12-22(13-16-25)28(38)17-14-23-9-6-10-26(34)31(23)35/h3-20H,1-2H3,(H,36,40)(H,37,39)/b17-14+,27-19-. The van der Waals surface area contributed by atoms with Crippen LogP contribution in [0.5, 0.6) is 11.5 Å². The molecule has 42 heavy (non-hydrogen) atoms. The number of hydrogen-bond acceptors (Lipinski definition) is 5. The van der Waals surface area contributed by atoms with Crippen LogP contribution >= 0.6 is 23.2 Å². The predicted molar refractivity (Wildman–Crippen MR) is 166 cm³/mol. The van der Waals surface area contributed by atoms with Crippen molar-refractivity contribution in [1.29, 1.82) is 0 Å². The summed E-state index contributed by atoms with van der Waals surface area (Å²) in [5.41, 5.74) is 2.42. The third-order valence-corrected chi connectivity index (χ3v) is 6.90. The highest BCUT2D eigenvalue weighted by Gasteiger charge is 2.16. The number of benzene rings is 4. The maximum Gasteiger partial charge on any atom is 0.272 e. The molecular weight excluding hydrogens is 575 g/mol. The van der Waals surface area contributed by atoms with Crippen molar-refractivity contribution in [2.24, 2.45) is 0 Å². The fourth-order valence-corrected chi connectivity index (χ4v) is 4.25. The van der Waals surface area contributed by atoms with E-state index in [2.05, 4.69) is 10.6 Å². The molecule has 2 amide bonds. The molecule has 0 aliphatic rings. The molecule has 0 saturated heterocycles. The van der Waals surface area contributed by atoms with Gasteiger partial charge in [0.15, 0.2) is 17.3 Å². The van der Waals surface area contributed by atoms with E-state index in [0.717, 1.165) is 0 Å². The number of carbonyl (C=O) groups is 3. The third kappa shape index (κ3) is 7.66. The first kappa shape index (κ1) is 30.1. The minimum atomic E-state index is -0.566. The second-order valence-corrected chi connectivity index (χ2v) is 9.65. The molecule has 0 aliphatic carbocycles. The summed E-state index contributed by atoms with van der Waals surface area (Å²) in [6, 6.07) is 25.2. The summed E-state index contributed by atoms with van der Waals surface area (Å²) in [6.07, 6.45) is 4.52. The zero-order valence-corrected chi connectivity index (χ0v) is 24.2. The van der Waals surface area contributed by atoms with Crippen LogP contribution in [0.3, 0.4) is 0 Å². The molecule has 0 fully saturated rings. The largest absolute Gasteiger partial charge is 0.493 e. The van der Waals surface area contributed by atoms with Crippen LogP contribution in [0.1, 0.15) is 31.8 Å². The summed E-state index contributed by atoms with van der Waals surface area (Å²) >= 11 is 12.2. The maximum atomic E-state index is 13.3. The molecule has 0 radical (unpaired) electrons. The van der Waals surface area contributed by atoms with Gasteiger partial charge in [0.05, 0.1) is 24.3 Å². The van der Waals surface area contributed by atoms with Crippen LogP contribution in [0, 0.1) is 0 Å². The quantitative estimate of drug-likeness (QED) is 0.147. The van der Waals surface area contributed by atoms with Gasteiger partial charge in [-0.1, -0.05) is 59.6 Å². The fourth-order valence-electron chi connectivity index (χ4n) is 3.88. The van der Waals surface area contributed by atoms with E-state index in [0.29, 0.717) is 49.5 Å². The Morgan fingerprint density at radius 3 is 2.17 bits per heavy atom. The first-order chi connectivity index (χ1) is 20.3. The average molecular weight is 601 g/mol. The number of methoxy groups -OCH3 is 2. The summed E-state index contributed by atoms with van der Waals surface area (Å²) in [6.45, 7) is 0. The topological polar surface area (TPSA) is 93.7 Å². The molecule has 7 nitrogen and oxygen atoms in total. The molecule has 4 rings (SSSR count). The van der Waals surface area contributed by atoms with Gasteiger partial charge in [-0.15, -0.1) is 0 Å². The fraction of sp³-hybridized carbons (Fsp3) is 0.0606. The lowest BCUT2D eigenvalue weighted by Gasteiger charge is -2.13. The molecule has 0 atom stereocenters. The van der Waals surface area contributed by atoms with Gasteiger partial charge in [-0.05, 0) is 84.0 Å². The van der Waals surface area contributed by atoms with E-state index in [1.807, 2.05) is 0 Å². The Bertz CT molecular complexity index is 1670. The molecule has 9 heteroatoms. The SMILES string of the molecule is COc1ccc(/C=C(\NC(=O)c2ccccc2)C(=O)Nc2ccc(C(=O)/C=C/c3cccc(Cl)c3Cl)cc2)cc1OC. The van der Waals surface area contributed by atoms with E-state index >= 15 is 0 Å². The van der Waals surface area contributed by atoms with Gasteiger partial charge in [-0.2, -0.15) is 0 Å². The molecular formula is C33H26Cl2N2O5. The molecule has 0 bridgehead atoms. The number of ether oxygens (including phenoxy) is 2. The van der Waals surface area contributed by atoms with Crippen molar-refractivity contribution < 1.29 is 23.9 Å². The van der Waals surface area contributed by atoms with Gasteiger partial charge in [0.1, 0.15) is 5.70 Å². The highest BCUT2D eigenvalue weighted by Crippen LogP contribution is 2.29. The van der Waals surface area contributed by atoms with Crippen LogP contribution in [-0.4, -0.2) is 31.8 Å². The van der Waals surface area contributed by atoms with Crippen LogP contribution in [0.4, 0.5) is 5.69 Å². The number of halogens is 2. The van der Waals surface area contributed by atoms with Crippen molar-refractivity contribution in [2.45, 2.75) is 0 Å². The van der Waals surface area contributed by atoms with Crippen molar-refractivity contribution in [3.05, 3.63) is 135 Å². The summed E-state index contributed by atoms with van der Waals surface area (Å²) < 4.78 is 10.6.